The Bertz CT molecular complexity index is 427. The lowest BCUT2D eigenvalue weighted by atomic mass is 9.86. The Labute approximate surface area is 106 Å². The maximum Gasteiger partial charge on any atom is 0.316 e. The first-order valence-electron chi connectivity index (χ1n) is 6.07. The Kier molecular flexibility index (Phi) is 3.25. The van der Waals surface area contributed by atoms with Crippen LogP contribution in [0.25, 0.3) is 0 Å². The number of hydrogen-bond acceptors (Lipinski definition) is 4. The lowest BCUT2D eigenvalue weighted by molar-refractivity contribution is -0.141. The summed E-state index contributed by atoms with van der Waals surface area (Å²) in [4.78, 5) is 17.2. The summed E-state index contributed by atoms with van der Waals surface area (Å²) in [5.74, 6) is 0.00255. The summed E-state index contributed by atoms with van der Waals surface area (Å²) < 4.78 is 5.34. The van der Waals surface area contributed by atoms with Crippen LogP contribution in [-0.2, 0) is 10.2 Å². The minimum absolute atomic E-state index is 0.0584. The summed E-state index contributed by atoms with van der Waals surface area (Å²) in [6.07, 6.45) is 3.08. The fourth-order valence-electron chi connectivity index (χ4n) is 1.92. The fraction of sp³-hybridized carbons (Fsp3) is 0.692. The van der Waals surface area contributed by atoms with Gasteiger partial charge in [0.15, 0.2) is 0 Å². The molecule has 1 aliphatic rings. The zero-order valence-corrected chi connectivity index (χ0v) is 11.7. The molecular formula is C13H19NO2S. The molecule has 0 atom stereocenters. The molecule has 0 N–H and O–H groups in total. The summed E-state index contributed by atoms with van der Waals surface area (Å²) in [7, 11) is 0. The fourth-order valence-corrected chi connectivity index (χ4v) is 2.91. The van der Waals surface area contributed by atoms with Gasteiger partial charge in [0.2, 0.25) is 0 Å². The predicted molar refractivity (Wildman–Crippen MR) is 68.5 cm³/mol. The van der Waals surface area contributed by atoms with E-state index in [4.69, 9.17) is 4.74 Å². The Hall–Kier alpha value is -0.900. The SMILES string of the molecule is Cc1nc(OC(=O)C2CCC2)sc1C(C)(C)C. The van der Waals surface area contributed by atoms with Gasteiger partial charge in [-0.15, -0.1) is 0 Å². The minimum Gasteiger partial charge on any atom is -0.398 e. The average Bonchev–Trinajstić information content (AvgIpc) is 2.41. The second-order valence-corrected chi connectivity index (χ2v) is 6.65. The minimum atomic E-state index is -0.106. The van der Waals surface area contributed by atoms with Crippen LogP contribution in [0.15, 0.2) is 0 Å². The monoisotopic (exact) mass is 253 g/mol. The second kappa shape index (κ2) is 4.41. The van der Waals surface area contributed by atoms with Gasteiger partial charge < -0.3 is 4.74 Å². The zero-order valence-electron chi connectivity index (χ0n) is 10.9. The van der Waals surface area contributed by atoms with Crippen LogP contribution in [0, 0.1) is 12.8 Å². The van der Waals surface area contributed by atoms with E-state index in [0.29, 0.717) is 5.19 Å². The molecule has 0 bridgehead atoms. The van der Waals surface area contributed by atoms with Crippen molar-refractivity contribution < 1.29 is 9.53 Å². The lowest BCUT2D eigenvalue weighted by Crippen LogP contribution is -2.26. The number of ether oxygens (including phenoxy) is 1. The van der Waals surface area contributed by atoms with Crippen molar-refractivity contribution in [1.82, 2.24) is 4.98 Å². The third kappa shape index (κ3) is 2.68. The number of hydrogen-bond donors (Lipinski definition) is 0. The number of aromatic nitrogens is 1. The van der Waals surface area contributed by atoms with Crippen LogP contribution >= 0.6 is 11.3 Å². The molecule has 1 heterocycles. The number of nitrogens with zero attached hydrogens (tertiary/aromatic N) is 1. The van der Waals surface area contributed by atoms with Gasteiger partial charge in [-0.25, -0.2) is 4.98 Å². The summed E-state index contributed by atoms with van der Waals surface area (Å²) in [6.45, 7) is 8.40. The highest BCUT2D eigenvalue weighted by atomic mass is 32.1. The molecular weight excluding hydrogens is 234 g/mol. The topological polar surface area (TPSA) is 39.2 Å². The number of carbonyl (C=O) groups excluding carboxylic acids is 1. The maximum absolute atomic E-state index is 11.7. The molecule has 0 spiro atoms. The molecule has 1 aliphatic carbocycles. The predicted octanol–water partition coefficient (Wildman–Crippen LogP) is 3.45. The lowest BCUT2D eigenvalue weighted by Gasteiger charge is -2.22. The molecule has 1 aromatic heterocycles. The van der Waals surface area contributed by atoms with E-state index in [1.807, 2.05) is 6.92 Å². The molecule has 0 amide bonds. The van der Waals surface area contributed by atoms with E-state index in [9.17, 15) is 4.79 Å². The van der Waals surface area contributed by atoms with E-state index in [2.05, 4.69) is 25.8 Å². The van der Waals surface area contributed by atoms with Gasteiger partial charge in [0.1, 0.15) is 0 Å². The van der Waals surface area contributed by atoms with Gasteiger partial charge in [-0.05, 0) is 25.2 Å². The number of carbonyl (C=O) groups is 1. The van der Waals surface area contributed by atoms with Crippen LogP contribution in [0.4, 0.5) is 0 Å². The Morgan fingerprint density at radius 2 is 2.06 bits per heavy atom. The summed E-state index contributed by atoms with van der Waals surface area (Å²) >= 11 is 1.49. The van der Waals surface area contributed by atoms with Crippen molar-refractivity contribution in [2.24, 2.45) is 5.92 Å². The van der Waals surface area contributed by atoms with Gasteiger partial charge in [0.25, 0.3) is 5.19 Å². The molecule has 94 valence electrons. The number of thiazole rings is 1. The molecule has 1 fully saturated rings. The van der Waals surface area contributed by atoms with Crippen molar-refractivity contribution in [2.45, 2.75) is 52.4 Å². The maximum atomic E-state index is 11.7. The number of esters is 1. The molecule has 3 nitrogen and oxygen atoms in total. The van der Waals surface area contributed by atoms with Crippen molar-refractivity contribution in [2.75, 3.05) is 0 Å². The summed E-state index contributed by atoms with van der Waals surface area (Å²) in [5.41, 5.74) is 1.03. The van der Waals surface area contributed by atoms with Crippen LogP contribution in [0.5, 0.6) is 5.19 Å². The molecule has 4 heteroatoms. The number of aryl methyl sites for hydroxylation is 1. The van der Waals surface area contributed by atoms with Gasteiger partial charge in [-0.3, -0.25) is 4.79 Å². The summed E-state index contributed by atoms with van der Waals surface area (Å²) in [5, 5.41) is 0.504. The summed E-state index contributed by atoms with van der Waals surface area (Å²) in [6, 6.07) is 0. The van der Waals surface area contributed by atoms with Crippen molar-refractivity contribution >= 4 is 17.3 Å². The largest absolute Gasteiger partial charge is 0.398 e. The van der Waals surface area contributed by atoms with Gasteiger partial charge >= 0.3 is 5.97 Å². The average molecular weight is 253 g/mol. The Balaban J connectivity index is 2.09. The van der Waals surface area contributed by atoms with Crippen LogP contribution in [0.3, 0.4) is 0 Å². The highest BCUT2D eigenvalue weighted by Crippen LogP contribution is 2.36. The van der Waals surface area contributed by atoms with Crippen LogP contribution in [-0.4, -0.2) is 11.0 Å². The Morgan fingerprint density at radius 3 is 2.47 bits per heavy atom. The van der Waals surface area contributed by atoms with E-state index < -0.39 is 0 Å². The molecule has 17 heavy (non-hydrogen) atoms. The molecule has 1 saturated carbocycles. The van der Waals surface area contributed by atoms with Crippen LogP contribution in [0.1, 0.15) is 50.6 Å². The molecule has 0 aliphatic heterocycles. The molecule has 0 saturated heterocycles. The van der Waals surface area contributed by atoms with E-state index in [1.54, 1.807) is 0 Å². The second-order valence-electron chi connectivity index (χ2n) is 5.69. The highest BCUT2D eigenvalue weighted by molar-refractivity contribution is 7.13. The molecule has 2 rings (SSSR count). The van der Waals surface area contributed by atoms with Crippen molar-refractivity contribution in [3.8, 4) is 5.19 Å². The third-order valence-corrected chi connectivity index (χ3v) is 4.55. The van der Waals surface area contributed by atoms with Gasteiger partial charge in [0.05, 0.1) is 11.6 Å². The first kappa shape index (κ1) is 12.6. The third-order valence-electron chi connectivity index (χ3n) is 3.08. The number of rotatable bonds is 2. The normalized spacial score (nSPS) is 16.7. The zero-order chi connectivity index (χ0) is 12.6. The quantitative estimate of drug-likeness (QED) is 0.758. The molecule has 0 radical (unpaired) electrons. The van der Waals surface area contributed by atoms with E-state index in [0.717, 1.165) is 25.0 Å². The standard InChI is InChI=1S/C13H19NO2S/c1-8-10(13(2,3)4)17-12(14-8)16-11(15)9-6-5-7-9/h9H,5-7H2,1-4H3. The van der Waals surface area contributed by atoms with Crippen LogP contribution < -0.4 is 4.74 Å². The molecule has 0 aromatic carbocycles. The van der Waals surface area contributed by atoms with E-state index in [1.165, 1.54) is 16.2 Å². The highest BCUT2D eigenvalue weighted by Gasteiger charge is 2.29. The first-order chi connectivity index (χ1) is 7.88. The van der Waals surface area contributed by atoms with E-state index >= 15 is 0 Å². The molecule has 0 unspecified atom stereocenters. The van der Waals surface area contributed by atoms with Crippen molar-refractivity contribution in [3.05, 3.63) is 10.6 Å². The van der Waals surface area contributed by atoms with Gasteiger partial charge in [-0.1, -0.05) is 38.5 Å². The van der Waals surface area contributed by atoms with Crippen LogP contribution in [0.2, 0.25) is 0 Å². The van der Waals surface area contributed by atoms with Crippen molar-refractivity contribution in [1.29, 1.82) is 0 Å². The van der Waals surface area contributed by atoms with E-state index in [-0.39, 0.29) is 17.3 Å². The first-order valence-corrected chi connectivity index (χ1v) is 6.89. The van der Waals surface area contributed by atoms with Gasteiger partial charge in [-0.2, -0.15) is 0 Å². The van der Waals surface area contributed by atoms with Gasteiger partial charge in [0, 0.05) is 4.88 Å². The van der Waals surface area contributed by atoms with Crippen molar-refractivity contribution in [3.63, 3.8) is 0 Å². The smallest absolute Gasteiger partial charge is 0.316 e. The molecule has 1 aromatic rings. The Morgan fingerprint density at radius 1 is 1.41 bits per heavy atom.